The third-order valence-electron chi connectivity index (χ3n) is 4.52. The molecule has 0 bridgehead atoms. The van der Waals surface area contributed by atoms with Crippen molar-refractivity contribution in [1.29, 1.82) is 0 Å². The SMILES string of the molecule is CCCCCCCCC(C)CC(=O)ON1C(=O)c2ccccc2C1=O. The number of hydroxylamine groups is 2. The first-order valence-corrected chi connectivity index (χ1v) is 9.23. The lowest BCUT2D eigenvalue weighted by Crippen LogP contribution is -2.33. The average Bonchev–Trinajstić information content (AvgIpc) is 2.83. The van der Waals surface area contributed by atoms with Crippen LogP contribution in [0.1, 0.15) is 85.9 Å². The first-order valence-electron chi connectivity index (χ1n) is 9.23. The number of nitrogens with zero attached hydrogens (tertiary/aromatic N) is 1. The summed E-state index contributed by atoms with van der Waals surface area (Å²) >= 11 is 0. The summed E-state index contributed by atoms with van der Waals surface area (Å²) in [6, 6.07) is 6.48. The highest BCUT2D eigenvalue weighted by Crippen LogP contribution is 2.23. The highest BCUT2D eigenvalue weighted by molar-refractivity contribution is 6.20. The molecule has 2 rings (SSSR count). The normalized spacial score (nSPS) is 14.6. The van der Waals surface area contributed by atoms with Gasteiger partial charge in [-0.15, -0.1) is 0 Å². The fourth-order valence-corrected chi connectivity index (χ4v) is 3.05. The van der Waals surface area contributed by atoms with Gasteiger partial charge in [0.15, 0.2) is 0 Å². The standard InChI is InChI=1S/C20H27NO4/c1-3-4-5-6-7-8-11-15(2)14-18(22)25-21-19(23)16-12-9-10-13-17(16)20(21)24/h9-10,12-13,15H,3-8,11,14H2,1-2H3. The van der Waals surface area contributed by atoms with Gasteiger partial charge in [-0.2, -0.15) is 0 Å². The molecule has 1 aliphatic rings. The van der Waals surface area contributed by atoms with Crippen LogP contribution in [-0.2, 0) is 9.63 Å². The van der Waals surface area contributed by atoms with Crippen LogP contribution < -0.4 is 0 Å². The van der Waals surface area contributed by atoms with Crippen LogP contribution in [0.3, 0.4) is 0 Å². The molecular weight excluding hydrogens is 318 g/mol. The van der Waals surface area contributed by atoms with Gasteiger partial charge < -0.3 is 4.84 Å². The van der Waals surface area contributed by atoms with E-state index in [0.29, 0.717) is 5.06 Å². The summed E-state index contributed by atoms with van der Waals surface area (Å²) < 4.78 is 0. The molecule has 0 aliphatic carbocycles. The summed E-state index contributed by atoms with van der Waals surface area (Å²) in [6.45, 7) is 4.19. The molecule has 0 spiro atoms. The van der Waals surface area contributed by atoms with Gasteiger partial charge in [0.1, 0.15) is 0 Å². The fourth-order valence-electron chi connectivity index (χ4n) is 3.05. The van der Waals surface area contributed by atoms with E-state index in [1.807, 2.05) is 6.92 Å². The summed E-state index contributed by atoms with van der Waals surface area (Å²) in [7, 11) is 0. The van der Waals surface area contributed by atoms with Crippen LogP contribution in [0.5, 0.6) is 0 Å². The van der Waals surface area contributed by atoms with Crippen molar-refractivity contribution in [2.24, 2.45) is 5.92 Å². The Hall–Kier alpha value is -2.17. The van der Waals surface area contributed by atoms with E-state index < -0.39 is 17.8 Å². The Bertz CT molecular complexity index is 591. The summed E-state index contributed by atoms with van der Waals surface area (Å²) in [5, 5.41) is 0.588. The molecule has 2 amide bonds. The second kappa shape index (κ2) is 9.35. The number of rotatable bonds is 10. The monoisotopic (exact) mass is 345 g/mol. The number of carbonyl (C=O) groups excluding carboxylic acids is 3. The first kappa shape index (κ1) is 19.2. The van der Waals surface area contributed by atoms with Gasteiger partial charge in [-0.25, -0.2) is 4.79 Å². The minimum atomic E-state index is -0.572. The lowest BCUT2D eigenvalue weighted by atomic mass is 9.99. The van der Waals surface area contributed by atoms with Crippen molar-refractivity contribution in [1.82, 2.24) is 5.06 Å². The van der Waals surface area contributed by atoms with E-state index in [9.17, 15) is 14.4 Å². The maximum atomic E-state index is 12.2. The minimum absolute atomic E-state index is 0.175. The van der Waals surface area contributed by atoms with Crippen LogP contribution in [0.2, 0.25) is 0 Å². The molecule has 0 fully saturated rings. The Morgan fingerprint density at radius 2 is 1.56 bits per heavy atom. The predicted octanol–water partition coefficient (Wildman–Crippen LogP) is 4.52. The number of fused-ring (bicyclic) bond motifs is 1. The maximum absolute atomic E-state index is 12.2. The highest BCUT2D eigenvalue weighted by Gasteiger charge is 2.38. The quantitative estimate of drug-likeness (QED) is 0.462. The Balaban J connectivity index is 1.74. The van der Waals surface area contributed by atoms with Crippen LogP contribution in [0, 0.1) is 5.92 Å². The Morgan fingerprint density at radius 3 is 2.16 bits per heavy atom. The van der Waals surface area contributed by atoms with Gasteiger partial charge in [0.2, 0.25) is 0 Å². The van der Waals surface area contributed by atoms with E-state index in [-0.39, 0.29) is 23.5 Å². The van der Waals surface area contributed by atoms with Gasteiger partial charge in [-0.3, -0.25) is 9.59 Å². The van der Waals surface area contributed by atoms with E-state index in [1.165, 1.54) is 32.1 Å². The van der Waals surface area contributed by atoms with E-state index in [0.717, 1.165) is 12.8 Å². The Labute approximate surface area is 149 Å². The number of imide groups is 1. The van der Waals surface area contributed by atoms with E-state index >= 15 is 0 Å². The van der Waals surface area contributed by atoms with Crippen LogP contribution in [0.25, 0.3) is 0 Å². The molecule has 25 heavy (non-hydrogen) atoms. The fraction of sp³-hybridized carbons (Fsp3) is 0.550. The lowest BCUT2D eigenvalue weighted by molar-refractivity contribution is -0.169. The first-order chi connectivity index (χ1) is 12.0. The summed E-state index contributed by atoms with van der Waals surface area (Å²) in [5.74, 6) is -1.50. The average molecular weight is 345 g/mol. The van der Waals surface area contributed by atoms with Crippen molar-refractivity contribution < 1.29 is 19.2 Å². The van der Waals surface area contributed by atoms with Gasteiger partial charge in [0.05, 0.1) is 17.5 Å². The number of carbonyl (C=O) groups is 3. The second-order valence-electron chi connectivity index (χ2n) is 6.78. The molecule has 5 heteroatoms. The van der Waals surface area contributed by atoms with Gasteiger partial charge >= 0.3 is 5.97 Å². The van der Waals surface area contributed by atoms with Crippen LogP contribution in [0.15, 0.2) is 24.3 Å². The Kier molecular flexibility index (Phi) is 7.16. The number of benzene rings is 1. The van der Waals surface area contributed by atoms with Crippen molar-refractivity contribution in [3.8, 4) is 0 Å². The third-order valence-corrected chi connectivity index (χ3v) is 4.52. The van der Waals surface area contributed by atoms with E-state index in [4.69, 9.17) is 4.84 Å². The third kappa shape index (κ3) is 5.15. The molecule has 0 radical (unpaired) electrons. The van der Waals surface area contributed by atoms with Crippen molar-refractivity contribution in [3.63, 3.8) is 0 Å². The molecular formula is C20H27NO4. The van der Waals surface area contributed by atoms with Gasteiger partial charge in [-0.05, 0) is 18.1 Å². The van der Waals surface area contributed by atoms with E-state index in [1.54, 1.807) is 24.3 Å². The van der Waals surface area contributed by atoms with Crippen LogP contribution >= 0.6 is 0 Å². The van der Waals surface area contributed by atoms with Crippen molar-refractivity contribution in [2.75, 3.05) is 0 Å². The summed E-state index contributed by atoms with van der Waals surface area (Å²) in [5.41, 5.74) is 0.556. The van der Waals surface area contributed by atoms with Gasteiger partial charge in [0, 0.05) is 0 Å². The number of unbranched alkanes of at least 4 members (excludes halogenated alkanes) is 5. The number of hydrogen-bond donors (Lipinski definition) is 0. The van der Waals surface area contributed by atoms with Gasteiger partial charge in [-0.1, -0.05) is 76.0 Å². The maximum Gasteiger partial charge on any atom is 0.333 e. The molecule has 0 saturated carbocycles. The molecule has 0 aromatic heterocycles. The van der Waals surface area contributed by atoms with Crippen LogP contribution in [0.4, 0.5) is 0 Å². The molecule has 1 aromatic rings. The summed E-state index contributed by atoms with van der Waals surface area (Å²) in [6.07, 6.45) is 8.45. The number of hydrogen-bond acceptors (Lipinski definition) is 4. The molecule has 5 nitrogen and oxygen atoms in total. The molecule has 0 saturated heterocycles. The van der Waals surface area contributed by atoms with E-state index in [2.05, 4.69) is 6.92 Å². The minimum Gasteiger partial charge on any atom is -0.330 e. The largest absolute Gasteiger partial charge is 0.333 e. The zero-order valence-corrected chi connectivity index (χ0v) is 15.1. The highest BCUT2D eigenvalue weighted by atomic mass is 16.7. The molecule has 1 aliphatic heterocycles. The zero-order chi connectivity index (χ0) is 18.2. The molecule has 136 valence electrons. The summed E-state index contributed by atoms with van der Waals surface area (Å²) in [4.78, 5) is 41.4. The van der Waals surface area contributed by atoms with Gasteiger partial charge in [0.25, 0.3) is 11.8 Å². The Morgan fingerprint density at radius 1 is 1.00 bits per heavy atom. The molecule has 1 heterocycles. The molecule has 1 atom stereocenters. The van der Waals surface area contributed by atoms with Crippen molar-refractivity contribution in [2.45, 2.75) is 65.2 Å². The topological polar surface area (TPSA) is 63.7 Å². The van der Waals surface area contributed by atoms with Crippen molar-refractivity contribution >= 4 is 17.8 Å². The molecule has 1 unspecified atom stereocenters. The lowest BCUT2D eigenvalue weighted by Gasteiger charge is -2.15. The number of amides is 2. The van der Waals surface area contributed by atoms with Crippen LogP contribution in [-0.4, -0.2) is 22.8 Å². The predicted molar refractivity (Wildman–Crippen MR) is 94.8 cm³/mol. The zero-order valence-electron chi connectivity index (χ0n) is 15.1. The van der Waals surface area contributed by atoms with Crippen molar-refractivity contribution in [3.05, 3.63) is 35.4 Å². The second-order valence-corrected chi connectivity index (χ2v) is 6.78. The smallest absolute Gasteiger partial charge is 0.330 e. The molecule has 0 N–H and O–H groups in total. The molecule has 1 aromatic carbocycles.